The number of aliphatic hydroxyl groups is 1. The number of likely N-dealkylation sites (tertiary alicyclic amines) is 1. The smallest absolute Gasteiger partial charge is 0.226 e. The molecule has 0 unspecified atom stereocenters. The van der Waals surface area contributed by atoms with Crippen molar-refractivity contribution >= 4 is 16.9 Å². The van der Waals surface area contributed by atoms with Crippen molar-refractivity contribution in [3.8, 4) is 17.5 Å². The number of amides is 1. The van der Waals surface area contributed by atoms with Crippen LogP contribution >= 0.6 is 0 Å². The molecule has 32 heavy (non-hydrogen) atoms. The van der Waals surface area contributed by atoms with Crippen LogP contribution in [-0.2, 0) is 11.2 Å². The zero-order chi connectivity index (χ0) is 22.0. The summed E-state index contributed by atoms with van der Waals surface area (Å²) in [6, 6.07) is 12.9. The average molecular weight is 429 g/mol. The second-order valence-electron chi connectivity index (χ2n) is 7.73. The predicted molar refractivity (Wildman–Crippen MR) is 112 cm³/mol. The van der Waals surface area contributed by atoms with Gasteiger partial charge in [-0.25, -0.2) is 9.31 Å². The van der Waals surface area contributed by atoms with Crippen molar-refractivity contribution in [1.82, 2.24) is 35.4 Å². The Morgan fingerprint density at radius 3 is 2.62 bits per heavy atom. The molecule has 1 saturated heterocycles. The first-order valence-corrected chi connectivity index (χ1v) is 10.2. The van der Waals surface area contributed by atoms with Crippen molar-refractivity contribution in [2.45, 2.75) is 24.9 Å². The second-order valence-corrected chi connectivity index (χ2v) is 7.73. The number of piperidine rings is 1. The molecule has 1 fully saturated rings. The number of hydrogen-bond donors (Lipinski definition) is 1. The molecule has 0 atom stereocenters. The molecule has 0 saturated carbocycles. The van der Waals surface area contributed by atoms with E-state index in [-0.39, 0.29) is 5.91 Å². The molecule has 10 heteroatoms. The Balaban J connectivity index is 1.18. The largest absolute Gasteiger partial charge is 0.377 e. The molecule has 0 radical (unpaired) electrons. The molecule has 1 N–H and O–H groups in total. The summed E-state index contributed by atoms with van der Waals surface area (Å²) >= 11 is 0. The molecule has 2 aromatic carbocycles. The SMILES string of the molecule is O=C(Cc1ccc(-n2cnnn2)cc1)N1CCC(O)(C#Cc2ccc3nonc3c2)CC1. The minimum Gasteiger partial charge on any atom is -0.377 e. The van der Waals surface area contributed by atoms with Crippen molar-refractivity contribution in [3.63, 3.8) is 0 Å². The van der Waals surface area contributed by atoms with Crippen LogP contribution < -0.4 is 0 Å². The highest BCUT2D eigenvalue weighted by Crippen LogP contribution is 2.23. The van der Waals surface area contributed by atoms with Crippen LogP contribution in [0.25, 0.3) is 16.7 Å². The molecule has 10 nitrogen and oxygen atoms in total. The number of rotatable bonds is 3. The molecule has 0 spiro atoms. The van der Waals surface area contributed by atoms with E-state index < -0.39 is 5.60 Å². The number of benzene rings is 2. The number of tetrazole rings is 1. The number of aromatic nitrogens is 6. The summed E-state index contributed by atoms with van der Waals surface area (Å²) in [5.74, 6) is 6.01. The van der Waals surface area contributed by atoms with Gasteiger partial charge >= 0.3 is 0 Å². The molecule has 4 aromatic rings. The lowest BCUT2D eigenvalue weighted by Crippen LogP contribution is -2.46. The van der Waals surface area contributed by atoms with Crippen LogP contribution in [0.2, 0.25) is 0 Å². The third-order valence-corrected chi connectivity index (χ3v) is 5.54. The highest BCUT2D eigenvalue weighted by molar-refractivity contribution is 5.79. The summed E-state index contributed by atoms with van der Waals surface area (Å²) in [5, 5.41) is 29.5. The minimum atomic E-state index is -1.12. The van der Waals surface area contributed by atoms with E-state index in [1.165, 1.54) is 6.33 Å². The summed E-state index contributed by atoms with van der Waals surface area (Å²) in [7, 11) is 0. The summed E-state index contributed by atoms with van der Waals surface area (Å²) in [6.45, 7) is 0.915. The maximum atomic E-state index is 12.7. The van der Waals surface area contributed by atoms with E-state index in [9.17, 15) is 9.90 Å². The lowest BCUT2D eigenvalue weighted by atomic mass is 9.91. The van der Waals surface area contributed by atoms with Gasteiger partial charge in [0.15, 0.2) is 0 Å². The highest BCUT2D eigenvalue weighted by Gasteiger charge is 2.32. The third-order valence-electron chi connectivity index (χ3n) is 5.54. The van der Waals surface area contributed by atoms with Crippen LogP contribution in [0.4, 0.5) is 0 Å². The average Bonchev–Trinajstić information content (AvgIpc) is 3.51. The number of fused-ring (bicyclic) bond motifs is 1. The van der Waals surface area contributed by atoms with Crippen molar-refractivity contribution in [1.29, 1.82) is 0 Å². The van der Waals surface area contributed by atoms with E-state index in [2.05, 4.69) is 42.3 Å². The minimum absolute atomic E-state index is 0.0270. The van der Waals surface area contributed by atoms with Crippen LogP contribution in [-0.4, -0.2) is 65.1 Å². The number of carbonyl (C=O) groups excluding carboxylic acids is 1. The van der Waals surface area contributed by atoms with E-state index in [0.29, 0.717) is 43.4 Å². The van der Waals surface area contributed by atoms with E-state index >= 15 is 0 Å². The fourth-order valence-electron chi connectivity index (χ4n) is 3.63. The van der Waals surface area contributed by atoms with Gasteiger partial charge in [0, 0.05) is 31.5 Å². The quantitative estimate of drug-likeness (QED) is 0.481. The third kappa shape index (κ3) is 4.19. The van der Waals surface area contributed by atoms with Gasteiger partial charge in [0.1, 0.15) is 23.0 Å². The van der Waals surface area contributed by atoms with E-state index in [1.807, 2.05) is 30.3 Å². The van der Waals surface area contributed by atoms with Crippen LogP contribution in [0.15, 0.2) is 53.4 Å². The first-order valence-electron chi connectivity index (χ1n) is 10.2. The lowest BCUT2D eigenvalue weighted by molar-refractivity contribution is -0.133. The Labute approximate surface area is 182 Å². The fraction of sp³-hybridized carbons (Fsp3) is 0.273. The highest BCUT2D eigenvalue weighted by atomic mass is 16.6. The van der Waals surface area contributed by atoms with E-state index in [1.54, 1.807) is 21.7 Å². The van der Waals surface area contributed by atoms with E-state index in [4.69, 9.17) is 0 Å². The standard InChI is InChI=1S/C22H19N7O3/c30-21(14-16-1-4-18(5-2-16)29-15-23-26-27-29)28-11-9-22(31,10-12-28)8-7-17-3-6-19-20(13-17)25-32-24-19/h1-6,13,15,31H,9-12,14H2. The van der Waals surface area contributed by atoms with Gasteiger partial charge in [0.05, 0.1) is 12.1 Å². The predicted octanol–water partition coefficient (Wildman–Crippen LogP) is 1.15. The second kappa shape index (κ2) is 8.20. The Morgan fingerprint density at radius 1 is 1.09 bits per heavy atom. The zero-order valence-electron chi connectivity index (χ0n) is 17.0. The van der Waals surface area contributed by atoms with Crippen molar-refractivity contribution in [3.05, 3.63) is 59.9 Å². The monoisotopic (exact) mass is 429 g/mol. The van der Waals surface area contributed by atoms with Crippen LogP contribution in [0.1, 0.15) is 24.0 Å². The maximum absolute atomic E-state index is 12.7. The Bertz CT molecular complexity index is 1290. The molecule has 5 rings (SSSR count). The van der Waals surface area contributed by atoms with Crippen molar-refractivity contribution < 1.29 is 14.5 Å². The van der Waals surface area contributed by atoms with Crippen LogP contribution in [0.3, 0.4) is 0 Å². The lowest BCUT2D eigenvalue weighted by Gasteiger charge is -2.35. The van der Waals surface area contributed by atoms with Crippen molar-refractivity contribution in [2.24, 2.45) is 0 Å². The summed E-state index contributed by atoms with van der Waals surface area (Å²) < 4.78 is 6.24. The molecular formula is C22H19N7O3. The molecule has 0 bridgehead atoms. The molecule has 160 valence electrons. The van der Waals surface area contributed by atoms with Crippen LogP contribution in [0, 0.1) is 11.8 Å². The van der Waals surface area contributed by atoms with Gasteiger partial charge in [0.25, 0.3) is 0 Å². The molecule has 1 aliphatic rings. The van der Waals surface area contributed by atoms with Gasteiger partial charge in [-0.3, -0.25) is 4.79 Å². The molecule has 3 heterocycles. The van der Waals surface area contributed by atoms with Gasteiger partial charge < -0.3 is 10.0 Å². The Hall–Kier alpha value is -4.10. The van der Waals surface area contributed by atoms with E-state index in [0.717, 1.165) is 16.8 Å². The van der Waals surface area contributed by atoms with Gasteiger partial charge in [-0.05, 0) is 56.6 Å². The van der Waals surface area contributed by atoms with Crippen molar-refractivity contribution in [2.75, 3.05) is 13.1 Å². The first-order chi connectivity index (χ1) is 15.6. The first kappa shape index (κ1) is 19.8. The summed E-state index contributed by atoms with van der Waals surface area (Å²) in [6.07, 6.45) is 2.61. The molecule has 1 aliphatic heterocycles. The van der Waals surface area contributed by atoms with Gasteiger partial charge in [-0.2, -0.15) is 0 Å². The van der Waals surface area contributed by atoms with Crippen LogP contribution in [0.5, 0.6) is 0 Å². The Morgan fingerprint density at radius 2 is 1.88 bits per heavy atom. The zero-order valence-corrected chi connectivity index (χ0v) is 17.0. The molecule has 0 aliphatic carbocycles. The molecular weight excluding hydrogens is 410 g/mol. The van der Waals surface area contributed by atoms with Gasteiger partial charge in [-0.15, -0.1) is 5.10 Å². The topological polar surface area (TPSA) is 123 Å². The maximum Gasteiger partial charge on any atom is 0.226 e. The van der Waals surface area contributed by atoms with Gasteiger partial charge in [0.2, 0.25) is 5.91 Å². The number of nitrogens with zero attached hydrogens (tertiary/aromatic N) is 7. The summed E-state index contributed by atoms with van der Waals surface area (Å²) in [5.41, 5.74) is 2.62. The molecule has 1 amide bonds. The summed E-state index contributed by atoms with van der Waals surface area (Å²) in [4.78, 5) is 14.5. The van der Waals surface area contributed by atoms with Gasteiger partial charge in [-0.1, -0.05) is 24.0 Å². The number of hydrogen-bond acceptors (Lipinski definition) is 8. The Kier molecular flexibility index (Phi) is 5.09. The number of carbonyl (C=O) groups is 1. The molecule has 2 aromatic heterocycles. The fourth-order valence-corrected chi connectivity index (χ4v) is 3.63. The normalized spacial score (nSPS) is 15.3.